The Kier molecular flexibility index (Phi) is 15.7. The van der Waals surface area contributed by atoms with Crippen LogP contribution in [0.15, 0.2) is 49.1 Å². The lowest BCUT2D eigenvalue weighted by Gasteiger charge is -2.32. The highest BCUT2D eigenvalue weighted by atomic mass is 32.1. The predicted molar refractivity (Wildman–Crippen MR) is 220 cm³/mol. The molecule has 0 saturated carbocycles. The Labute approximate surface area is 332 Å². The van der Waals surface area contributed by atoms with E-state index in [0.29, 0.717) is 29.4 Å². The number of thiophene rings is 2. The first kappa shape index (κ1) is 43.7. The molecule has 1 fully saturated rings. The van der Waals surface area contributed by atoms with Gasteiger partial charge in [-0.2, -0.15) is 0 Å². The first-order chi connectivity index (χ1) is 26.1. The number of carbonyl (C=O) groups excluding carboxylic acids is 4. The van der Waals surface area contributed by atoms with Crippen LogP contribution in [-0.4, -0.2) is 69.3 Å². The average Bonchev–Trinajstić information content (AvgIpc) is 3.81. The Balaban J connectivity index is 0.000000258. The van der Waals surface area contributed by atoms with E-state index in [1.807, 2.05) is 36.4 Å². The second kappa shape index (κ2) is 19.7. The van der Waals surface area contributed by atoms with Gasteiger partial charge in [-0.25, -0.2) is 0 Å². The van der Waals surface area contributed by atoms with Crippen molar-refractivity contribution < 1.29 is 47.4 Å². The molecule has 2 aromatic carbocycles. The molecule has 13 heteroatoms. The summed E-state index contributed by atoms with van der Waals surface area (Å²) in [5.41, 5.74) is 1.50. The Morgan fingerprint density at radius 3 is 1.60 bits per heavy atom. The summed E-state index contributed by atoms with van der Waals surface area (Å²) in [6.07, 6.45) is 5.60. The molecule has 296 valence electrons. The number of ether oxygens (including phenoxy) is 4. The standard InChI is InChI=1S/C24H33BO6S.C18H20O4S/c1-7-29-22(27)11-10-18(26)21-14-17-13-16(19(28-6)15-20(17)32-21)9-8-12-25-30-23(2,3)24(4,5)31-25;1-4-6-12-9-13-10-17(23-16(13)11-15(12)21-3)14(19)7-8-18(20)22-5-2/h13-15H,7-12H2,1-6H3;4,9-11H,1,5-8H2,2-3H3. The first-order valence-electron chi connectivity index (χ1n) is 18.7. The molecule has 1 aliphatic rings. The van der Waals surface area contributed by atoms with Gasteiger partial charge in [-0.15, -0.1) is 29.3 Å². The van der Waals surface area contributed by atoms with Crippen molar-refractivity contribution in [3.8, 4) is 11.5 Å². The van der Waals surface area contributed by atoms with Gasteiger partial charge >= 0.3 is 19.1 Å². The second-order valence-electron chi connectivity index (χ2n) is 14.2. The molecule has 0 aliphatic carbocycles. The summed E-state index contributed by atoms with van der Waals surface area (Å²) in [5.74, 6) is 0.859. The molecule has 55 heavy (non-hydrogen) atoms. The molecule has 10 nitrogen and oxygen atoms in total. The minimum atomic E-state index is -0.340. The molecule has 0 atom stereocenters. The van der Waals surface area contributed by atoms with Crippen molar-refractivity contribution in [3.63, 3.8) is 0 Å². The van der Waals surface area contributed by atoms with E-state index in [9.17, 15) is 19.2 Å². The molecule has 3 heterocycles. The molecule has 2 aromatic heterocycles. The zero-order chi connectivity index (χ0) is 40.3. The summed E-state index contributed by atoms with van der Waals surface area (Å²) in [4.78, 5) is 49.0. The third kappa shape index (κ3) is 11.5. The molecule has 0 radical (unpaired) electrons. The molecule has 0 N–H and O–H groups in total. The fourth-order valence-electron chi connectivity index (χ4n) is 6.08. The van der Waals surface area contributed by atoms with Crippen LogP contribution in [0.1, 0.15) is 104 Å². The van der Waals surface area contributed by atoms with Crippen molar-refractivity contribution in [2.24, 2.45) is 0 Å². The van der Waals surface area contributed by atoms with Gasteiger partial charge in [0.25, 0.3) is 0 Å². The summed E-state index contributed by atoms with van der Waals surface area (Å²) in [6.45, 7) is 16.2. The molecule has 4 aromatic rings. The number of methoxy groups -OCH3 is 2. The molecule has 1 aliphatic heterocycles. The van der Waals surface area contributed by atoms with Gasteiger partial charge in [0.1, 0.15) is 11.5 Å². The zero-order valence-electron chi connectivity index (χ0n) is 33.3. The van der Waals surface area contributed by atoms with Gasteiger partial charge in [-0.3, -0.25) is 19.2 Å². The number of fused-ring (bicyclic) bond motifs is 2. The number of rotatable bonds is 18. The smallest absolute Gasteiger partial charge is 0.457 e. The maximum absolute atomic E-state index is 12.5. The summed E-state index contributed by atoms with van der Waals surface area (Å²) in [6, 6.07) is 11.8. The highest BCUT2D eigenvalue weighted by molar-refractivity contribution is 7.21. The number of ketones is 2. The summed E-state index contributed by atoms with van der Waals surface area (Å²) < 4.78 is 34.9. The number of Topliss-reactive ketones (excluding diaryl/α,β-unsaturated/α-hetero) is 2. The minimum absolute atomic E-state index is 0.0384. The normalized spacial score (nSPS) is 14.3. The lowest BCUT2D eigenvalue weighted by molar-refractivity contribution is -0.143. The van der Waals surface area contributed by atoms with Crippen LogP contribution < -0.4 is 9.47 Å². The van der Waals surface area contributed by atoms with Crippen molar-refractivity contribution in [2.45, 2.75) is 104 Å². The molecule has 5 rings (SSSR count). The van der Waals surface area contributed by atoms with Crippen LogP contribution in [0.25, 0.3) is 20.2 Å². The lowest BCUT2D eigenvalue weighted by Crippen LogP contribution is -2.41. The second-order valence-corrected chi connectivity index (χ2v) is 16.3. The van der Waals surface area contributed by atoms with E-state index in [0.717, 1.165) is 62.0 Å². The van der Waals surface area contributed by atoms with Gasteiger partial charge in [0.2, 0.25) is 0 Å². The maximum atomic E-state index is 12.5. The monoisotopic (exact) mass is 792 g/mol. The molecule has 0 bridgehead atoms. The first-order valence-corrected chi connectivity index (χ1v) is 20.3. The van der Waals surface area contributed by atoms with Crippen molar-refractivity contribution >= 4 is 73.5 Å². The largest absolute Gasteiger partial charge is 0.496 e. The molecule has 0 amide bonds. The van der Waals surface area contributed by atoms with Crippen LogP contribution in [0.5, 0.6) is 11.5 Å². The Morgan fingerprint density at radius 2 is 1.16 bits per heavy atom. The lowest BCUT2D eigenvalue weighted by atomic mass is 9.81. The zero-order valence-corrected chi connectivity index (χ0v) is 34.9. The van der Waals surface area contributed by atoms with Gasteiger partial charge in [0.15, 0.2) is 11.6 Å². The van der Waals surface area contributed by atoms with E-state index >= 15 is 0 Å². The number of aryl methyl sites for hydroxylation is 1. The highest BCUT2D eigenvalue weighted by Crippen LogP contribution is 2.39. The van der Waals surface area contributed by atoms with Gasteiger partial charge in [0, 0.05) is 22.2 Å². The van der Waals surface area contributed by atoms with E-state index in [2.05, 4.69) is 40.3 Å². The van der Waals surface area contributed by atoms with Crippen LogP contribution in [0, 0.1) is 0 Å². The number of esters is 2. The Hall–Kier alpha value is -4.04. The third-order valence-corrected chi connectivity index (χ3v) is 11.9. The fraction of sp³-hybridized carbons (Fsp3) is 0.476. The van der Waals surface area contributed by atoms with E-state index in [-0.39, 0.29) is 67.5 Å². The van der Waals surface area contributed by atoms with E-state index in [1.165, 1.54) is 22.7 Å². The Morgan fingerprint density at radius 1 is 0.709 bits per heavy atom. The van der Waals surface area contributed by atoms with Crippen LogP contribution in [0.3, 0.4) is 0 Å². The van der Waals surface area contributed by atoms with E-state index in [4.69, 9.17) is 28.3 Å². The summed E-state index contributed by atoms with van der Waals surface area (Å²) in [5, 5.41) is 2.02. The molecule has 0 unspecified atom stereocenters. The number of hydrogen-bond donors (Lipinski definition) is 0. The molecule has 0 spiro atoms. The topological polar surface area (TPSA) is 124 Å². The van der Waals surface area contributed by atoms with Crippen LogP contribution in [0.4, 0.5) is 0 Å². The van der Waals surface area contributed by atoms with E-state index < -0.39 is 0 Å². The van der Waals surface area contributed by atoms with Gasteiger partial charge < -0.3 is 28.3 Å². The van der Waals surface area contributed by atoms with Crippen molar-refractivity contribution in [3.05, 3.63) is 69.9 Å². The van der Waals surface area contributed by atoms with Crippen molar-refractivity contribution in [2.75, 3.05) is 27.4 Å². The molecular weight excluding hydrogens is 739 g/mol. The predicted octanol–water partition coefficient (Wildman–Crippen LogP) is 9.63. The third-order valence-electron chi connectivity index (χ3n) is 9.66. The van der Waals surface area contributed by atoms with Gasteiger partial charge in [0.05, 0.1) is 61.2 Å². The van der Waals surface area contributed by atoms with Crippen molar-refractivity contribution in [1.29, 1.82) is 0 Å². The quantitative estimate of drug-likeness (QED) is 0.0417. The van der Waals surface area contributed by atoms with Crippen LogP contribution >= 0.6 is 22.7 Å². The van der Waals surface area contributed by atoms with Gasteiger partial charge in [-0.1, -0.05) is 12.5 Å². The summed E-state index contributed by atoms with van der Waals surface area (Å²) in [7, 11) is 3.09. The molecular formula is C42H53BO10S2. The van der Waals surface area contributed by atoms with Crippen LogP contribution in [0.2, 0.25) is 6.32 Å². The van der Waals surface area contributed by atoms with E-state index in [1.54, 1.807) is 28.1 Å². The number of hydrogen-bond acceptors (Lipinski definition) is 12. The SMILES string of the molecule is C=CCc1cc2cc(C(=O)CCC(=O)OCC)sc2cc1OC.CCOC(=O)CCC(=O)c1cc2cc(CCCB3OC(C)(C)C(C)(C)O3)c(OC)cc2s1. The summed E-state index contributed by atoms with van der Waals surface area (Å²) >= 11 is 2.85. The average molecular weight is 793 g/mol. The van der Waals surface area contributed by atoms with Crippen LogP contribution in [-0.2, 0) is 41.2 Å². The fourth-order valence-corrected chi connectivity index (χ4v) is 8.16. The Bertz CT molecular complexity index is 1980. The number of carbonyl (C=O) groups is 4. The minimum Gasteiger partial charge on any atom is -0.496 e. The highest BCUT2D eigenvalue weighted by Gasteiger charge is 2.50. The van der Waals surface area contributed by atoms with Crippen molar-refractivity contribution in [1.82, 2.24) is 0 Å². The maximum Gasteiger partial charge on any atom is 0.457 e. The number of allylic oxidation sites excluding steroid dienone is 1. The number of benzene rings is 2. The van der Waals surface area contributed by atoms with Gasteiger partial charge in [-0.05, 0) is 119 Å². The molecule has 1 saturated heterocycles.